The molecule has 0 spiro atoms. The van der Waals surface area contributed by atoms with Crippen LogP contribution in [-0.2, 0) is 18.0 Å². The van der Waals surface area contributed by atoms with Crippen molar-refractivity contribution in [2.45, 2.75) is 44.4 Å². The molecule has 0 aliphatic carbocycles. The fraction of sp³-hybridized carbons (Fsp3) is 0.474. The van der Waals surface area contributed by atoms with E-state index < -0.39 is 23.6 Å². The Morgan fingerprint density at radius 3 is 2.55 bits per heavy atom. The van der Waals surface area contributed by atoms with Crippen molar-refractivity contribution in [2.24, 2.45) is 7.05 Å². The second-order valence-electron chi connectivity index (χ2n) is 7.76. The second kappa shape index (κ2) is 8.06. The standard InChI is InChI=1S/C19H23F3N6O2S/c1-7-31-15-14(25-27(6)16(15)26(5)17(29)30-18(2,3)4)11-9-28-10-23-12(19(20,21)22)8-13(28)24-11/h8-10H,7H2,1-6H3. The van der Waals surface area contributed by atoms with Gasteiger partial charge in [-0.05, 0) is 26.5 Å². The lowest BCUT2D eigenvalue weighted by Gasteiger charge is -2.25. The number of amides is 1. The Balaban J connectivity index is 2.08. The second-order valence-corrected chi connectivity index (χ2v) is 9.04. The minimum atomic E-state index is -4.56. The number of carbonyl (C=O) groups excluding carboxylic acids is 1. The first-order valence-corrected chi connectivity index (χ1v) is 10.4. The van der Waals surface area contributed by atoms with E-state index in [2.05, 4.69) is 15.1 Å². The molecule has 3 aromatic heterocycles. The fourth-order valence-electron chi connectivity index (χ4n) is 2.89. The number of halogens is 3. The number of alkyl halides is 3. The predicted octanol–water partition coefficient (Wildman–Crippen LogP) is 4.63. The third-order valence-electron chi connectivity index (χ3n) is 4.13. The molecule has 0 N–H and O–H groups in total. The monoisotopic (exact) mass is 456 g/mol. The van der Waals surface area contributed by atoms with Gasteiger partial charge in [0, 0.05) is 26.4 Å². The van der Waals surface area contributed by atoms with E-state index in [1.165, 1.54) is 25.7 Å². The van der Waals surface area contributed by atoms with E-state index >= 15 is 0 Å². The Morgan fingerprint density at radius 2 is 1.97 bits per heavy atom. The number of thioether (sulfide) groups is 1. The molecule has 12 heteroatoms. The quantitative estimate of drug-likeness (QED) is 0.533. The smallest absolute Gasteiger partial charge is 0.433 e. The Hall–Kier alpha value is -2.76. The fourth-order valence-corrected chi connectivity index (χ4v) is 3.86. The molecule has 0 saturated carbocycles. The summed E-state index contributed by atoms with van der Waals surface area (Å²) in [7, 11) is 3.26. The molecule has 3 aromatic rings. The van der Waals surface area contributed by atoms with Crippen LogP contribution in [0.1, 0.15) is 33.4 Å². The van der Waals surface area contributed by atoms with Crippen molar-refractivity contribution in [1.29, 1.82) is 0 Å². The molecule has 0 aliphatic heterocycles. The van der Waals surface area contributed by atoms with Crippen LogP contribution in [-0.4, -0.2) is 48.6 Å². The number of hydrogen-bond acceptors (Lipinski definition) is 6. The molecule has 3 heterocycles. The lowest BCUT2D eigenvalue weighted by Crippen LogP contribution is -2.35. The first-order chi connectivity index (χ1) is 14.3. The van der Waals surface area contributed by atoms with Crippen LogP contribution < -0.4 is 4.90 Å². The predicted molar refractivity (Wildman–Crippen MR) is 111 cm³/mol. The zero-order chi connectivity index (χ0) is 23.1. The van der Waals surface area contributed by atoms with Gasteiger partial charge in [-0.1, -0.05) is 6.92 Å². The van der Waals surface area contributed by atoms with Gasteiger partial charge in [0.25, 0.3) is 0 Å². The molecule has 0 atom stereocenters. The number of aromatic nitrogens is 5. The summed E-state index contributed by atoms with van der Waals surface area (Å²) in [5, 5.41) is 4.49. The van der Waals surface area contributed by atoms with Gasteiger partial charge in [0.15, 0.2) is 0 Å². The van der Waals surface area contributed by atoms with Crippen LogP contribution in [0.3, 0.4) is 0 Å². The van der Waals surface area contributed by atoms with E-state index in [-0.39, 0.29) is 5.65 Å². The number of imidazole rings is 1. The summed E-state index contributed by atoms with van der Waals surface area (Å²) in [6.45, 7) is 7.26. The van der Waals surface area contributed by atoms with Crippen LogP contribution in [0.4, 0.5) is 23.8 Å². The van der Waals surface area contributed by atoms with Crippen LogP contribution >= 0.6 is 11.8 Å². The van der Waals surface area contributed by atoms with Crippen LogP contribution in [0.5, 0.6) is 0 Å². The first-order valence-electron chi connectivity index (χ1n) is 9.40. The maximum Gasteiger partial charge on any atom is 0.433 e. The largest absolute Gasteiger partial charge is 0.443 e. The molecule has 8 nitrogen and oxygen atoms in total. The molecule has 0 unspecified atom stereocenters. The molecular formula is C19H23F3N6O2S. The maximum absolute atomic E-state index is 13.0. The van der Waals surface area contributed by atoms with Crippen molar-refractivity contribution in [3.63, 3.8) is 0 Å². The number of hydrogen-bond donors (Lipinski definition) is 0. The summed E-state index contributed by atoms with van der Waals surface area (Å²) in [6, 6.07) is 0.882. The van der Waals surface area contributed by atoms with E-state index in [9.17, 15) is 18.0 Å². The zero-order valence-corrected chi connectivity index (χ0v) is 18.8. The molecule has 31 heavy (non-hydrogen) atoms. The topological polar surface area (TPSA) is 77.5 Å². The molecule has 0 radical (unpaired) electrons. The zero-order valence-electron chi connectivity index (χ0n) is 18.0. The summed E-state index contributed by atoms with van der Waals surface area (Å²) in [6.07, 6.45) is -2.49. The Kier molecular flexibility index (Phi) is 5.96. The Morgan fingerprint density at radius 1 is 1.29 bits per heavy atom. The number of ether oxygens (including phenoxy) is 1. The number of aryl methyl sites for hydroxylation is 1. The van der Waals surface area contributed by atoms with Crippen LogP contribution in [0, 0.1) is 0 Å². The molecule has 3 rings (SSSR count). The minimum Gasteiger partial charge on any atom is -0.443 e. The van der Waals surface area contributed by atoms with Crippen molar-refractivity contribution >= 4 is 29.3 Å². The summed E-state index contributed by atoms with van der Waals surface area (Å²) < 4.78 is 47.3. The highest BCUT2D eigenvalue weighted by molar-refractivity contribution is 7.99. The minimum absolute atomic E-state index is 0.0949. The number of rotatable bonds is 4. The first kappa shape index (κ1) is 22.9. The molecule has 0 fully saturated rings. The van der Waals surface area contributed by atoms with E-state index in [0.717, 1.165) is 12.4 Å². The lowest BCUT2D eigenvalue weighted by atomic mass is 10.2. The Bertz CT molecular complexity index is 1120. The highest BCUT2D eigenvalue weighted by atomic mass is 32.2. The number of nitrogens with zero attached hydrogens (tertiary/aromatic N) is 6. The van der Waals surface area contributed by atoms with E-state index in [1.54, 1.807) is 41.1 Å². The van der Waals surface area contributed by atoms with Gasteiger partial charge in [-0.2, -0.15) is 18.3 Å². The van der Waals surface area contributed by atoms with E-state index in [4.69, 9.17) is 4.74 Å². The maximum atomic E-state index is 13.0. The highest BCUT2D eigenvalue weighted by Crippen LogP contribution is 2.38. The third-order valence-corrected chi connectivity index (χ3v) is 5.08. The lowest BCUT2D eigenvalue weighted by molar-refractivity contribution is -0.141. The third kappa shape index (κ3) is 4.78. The molecule has 0 aromatic carbocycles. The SMILES string of the molecule is CCSc1c(-c2cn3cnc(C(F)(F)F)cc3n2)nn(C)c1N(C)C(=O)OC(C)(C)C. The van der Waals surface area contributed by atoms with Crippen molar-refractivity contribution in [3.8, 4) is 11.4 Å². The van der Waals surface area contributed by atoms with Gasteiger partial charge in [0.05, 0.1) is 4.90 Å². The number of fused-ring (bicyclic) bond motifs is 1. The van der Waals surface area contributed by atoms with Gasteiger partial charge in [0.2, 0.25) is 0 Å². The van der Waals surface area contributed by atoms with E-state index in [1.807, 2.05) is 6.92 Å². The van der Waals surface area contributed by atoms with Gasteiger partial charge < -0.3 is 4.74 Å². The molecule has 0 saturated heterocycles. The molecular weight excluding hydrogens is 433 g/mol. The van der Waals surface area contributed by atoms with Crippen molar-refractivity contribution in [3.05, 3.63) is 24.3 Å². The van der Waals surface area contributed by atoms with Crippen molar-refractivity contribution in [1.82, 2.24) is 24.1 Å². The molecule has 1 amide bonds. The summed E-state index contributed by atoms with van der Waals surface area (Å²) in [5.41, 5.74) is -0.770. The number of carbonyl (C=O) groups is 1. The van der Waals surface area contributed by atoms with Crippen LogP contribution in [0.2, 0.25) is 0 Å². The number of anilines is 1. The molecule has 168 valence electrons. The molecule has 0 bridgehead atoms. The van der Waals surface area contributed by atoms with Crippen LogP contribution in [0.25, 0.3) is 17.0 Å². The van der Waals surface area contributed by atoms with Crippen molar-refractivity contribution < 1.29 is 22.7 Å². The van der Waals surface area contributed by atoms with Gasteiger partial charge in [0.1, 0.15) is 40.5 Å². The Labute approximate surface area is 181 Å². The van der Waals surface area contributed by atoms with Gasteiger partial charge in [-0.3, -0.25) is 14.0 Å². The summed E-state index contributed by atoms with van der Waals surface area (Å²) >= 11 is 1.45. The summed E-state index contributed by atoms with van der Waals surface area (Å²) in [4.78, 5) is 22.4. The highest BCUT2D eigenvalue weighted by Gasteiger charge is 2.33. The van der Waals surface area contributed by atoms with E-state index in [0.29, 0.717) is 27.9 Å². The van der Waals surface area contributed by atoms with Crippen molar-refractivity contribution in [2.75, 3.05) is 17.7 Å². The molecule has 0 aliphatic rings. The van der Waals surface area contributed by atoms with Crippen LogP contribution in [0.15, 0.2) is 23.5 Å². The average Bonchev–Trinajstić information content (AvgIpc) is 3.19. The van der Waals surface area contributed by atoms with Gasteiger partial charge in [-0.15, -0.1) is 11.8 Å². The normalized spacial score (nSPS) is 12.4. The van der Waals surface area contributed by atoms with Gasteiger partial charge >= 0.3 is 12.3 Å². The average molecular weight is 456 g/mol. The summed E-state index contributed by atoms with van der Waals surface area (Å²) in [5.74, 6) is 1.18. The van der Waals surface area contributed by atoms with Gasteiger partial charge in [-0.25, -0.2) is 14.8 Å².